The average molecular weight is 481 g/mol. The smallest absolute Gasteiger partial charge is 0.275 e. The van der Waals surface area contributed by atoms with Crippen LogP contribution in [0.15, 0.2) is 52.0 Å². The number of halogens is 3. The van der Waals surface area contributed by atoms with Gasteiger partial charge in [0.15, 0.2) is 0 Å². The minimum absolute atomic E-state index is 0.121. The van der Waals surface area contributed by atoms with Crippen molar-refractivity contribution in [3.63, 3.8) is 0 Å². The van der Waals surface area contributed by atoms with Crippen molar-refractivity contribution < 1.29 is 9.90 Å². The number of carbonyl (C=O) groups is 1. The number of benzene rings is 2. The van der Waals surface area contributed by atoms with Gasteiger partial charge >= 0.3 is 0 Å². The zero-order chi connectivity index (χ0) is 20.4. The molecule has 0 atom stereocenters. The molecule has 0 aliphatic carbocycles. The largest absolute Gasteiger partial charge is 0.507 e. The van der Waals surface area contributed by atoms with Gasteiger partial charge in [0.2, 0.25) is 0 Å². The van der Waals surface area contributed by atoms with Crippen LogP contribution in [0.1, 0.15) is 27.3 Å². The van der Waals surface area contributed by atoms with Crippen LogP contribution < -0.4 is 5.43 Å². The molecule has 0 spiro atoms. The molecule has 0 aliphatic rings. The van der Waals surface area contributed by atoms with Crippen molar-refractivity contribution in [1.82, 2.24) is 9.99 Å². The molecule has 0 bridgehead atoms. The molecule has 0 saturated carbocycles. The highest BCUT2D eigenvalue weighted by atomic mass is 79.9. The second-order valence-electron chi connectivity index (χ2n) is 6.10. The van der Waals surface area contributed by atoms with Crippen LogP contribution in [0, 0.1) is 13.8 Å². The number of hydrazone groups is 1. The number of aryl methyl sites for hydroxylation is 1. The second-order valence-corrected chi connectivity index (χ2v) is 7.80. The zero-order valence-corrected chi connectivity index (χ0v) is 18.1. The molecule has 3 aromatic rings. The highest BCUT2D eigenvalue weighted by Crippen LogP contribution is 2.31. The summed E-state index contributed by atoms with van der Waals surface area (Å²) in [5, 5.41) is 14.8. The number of phenols is 1. The van der Waals surface area contributed by atoms with Crippen LogP contribution in [0.2, 0.25) is 10.0 Å². The van der Waals surface area contributed by atoms with Gasteiger partial charge in [-0.05, 0) is 50.2 Å². The Kier molecular flexibility index (Phi) is 6.13. The van der Waals surface area contributed by atoms with Gasteiger partial charge in [0, 0.05) is 21.4 Å². The Balaban J connectivity index is 1.85. The first-order chi connectivity index (χ1) is 13.3. The molecule has 2 aromatic carbocycles. The molecule has 1 aromatic heterocycles. The van der Waals surface area contributed by atoms with Gasteiger partial charge in [-0.15, -0.1) is 0 Å². The Morgan fingerprint density at radius 3 is 2.71 bits per heavy atom. The number of carbonyl (C=O) groups excluding carboxylic acids is 1. The monoisotopic (exact) mass is 479 g/mol. The fourth-order valence-electron chi connectivity index (χ4n) is 2.86. The fourth-order valence-corrected chi connectivity index (χ4v) is 3.61. The molecule has 8 heteroatoms. The minimum Gasteiger partial charge on any atom is -0.507 e. The van der Waals surface area contributed by atoms with Crippen LogP contribution in [-0.4, -0.2) is 21.8 Å². The van der Waals surface area contributed by atoms with E-state index in [9.17, 15) is 9.90 Å². The summed E-state index contributed by atoms with van der Waals surface area (Å²) in [7, 11) is 0. The Morgan fingerprint density at radius 2 is 1.96 bits per heavy atom. The lowest BCUT2D eigenvalue weighted by atomic mass is 10.2. The average Bonchev–Trinajstić information content (AvgIpc) is 2.93. The van der Waals surface area contributed by atoms with Crippen LogP contribution in [0.3, 0.4) is 0 Å². The molecule has 0 aliphatic heterocycles. The summed E-state index contributed by atoms with van der Waals surface area (Å²) < 4.78 is 2.65. The summed E-state index contributed by atoms with van der Waals surface area (Å²) in [6, 6.07) is 12.0. The first-order valence-corrected chi connectivity index (χ1v) is 9.79. The van der Waals surface area contributed by atoms with E-state index in [1.807, 2.05) is 36.6 Å². The third-order valence-electron chi connectivity index (χ3n) is 4.22. The number of nitrogens with one attached hydrogen (secondary N) is 1. The molecule has 0 unspecified atom stereocenters. The van der Waals surface area contributed by atoms with Gasteiger partial charge in [-0.2, -0.15) is 5.10 Å². The number of hydrogen-bond acceptors (Lipinski definition) is 3. The predicted molar refractivity (Wildman–Crippen MR) is 116 cm³/mol. The van der Waals surface area contributed by atoms with Gasteiger partial charge in [-0.3, -0.25) is 4.79 Å². The van der Waals surface area contributed by atoms with E-state index >= 15 is 0 Å². The third kappa shape index (κ3) is 4.09. The molecule has 0 saturated heterocycles. The minimum atomic E-state index is -0.512. The molecule has 3 rings (SSSR count). The van der Waals surface area contributed by atoms with E-state index in [0.717, 1.165) is 22.6 Å². The van der Waals surface area contributed by atoms with E-state index in [1.165, 1.54) is 12.1 Å². The van der Waals surface area contributed by atoms with Gasteiger partial charge < -0.3 is 9.67 Å². The lowest BCUT2D eigenvalue weighted by Gasteiger charge is -2.12. The molecular weight excluding hydrogens is 465 g/mol. The van der Waals surface area contributed by atoms with Crippen LogP contribution in [0.5, 0.6) is 5.75 Å². The van der Waals surface area contributed by atoms with Crippen molar-refractivity contribution in [2.45, 2.75) is 13.8 Å². The highest BCUT2D eigenvalue weighted by Gasteiger charge is 2.14. The molecule has 0 fully saturated rings. The Hall–Kier alpha value is -2.28. The van der Waals surface area contributed by atoms with Gasteiger partial charge in [-0.25, -0.2) is 5.43 Å². The maximum absolute atomic E-state index is 12.2. The van der Waals surface area contributed by atoms with Gasteiger partial charge in [0.1, 0.15) is 5.75 Å². The Morgan fingerprint density at radius 1 is 1.21 bits per heavy atom. The van der Waals surface area contributed by atoms with E-state index in [2.05, 4.69) is 26.5 Å². The van der Waals surface area contributed by atoms with E-state index < -0.39 is 5.91 Å². The topological polar surface area (TPSA) is 66.6 Å². The number of amides is 1. The summed E-state index contributed by atoms with van der Waals surface area (Å²) in [6.07, 6.45) is 1.55. The van der Waals surface area contributed by atoms with Crippen molar-refractivity contribution in [2.75, 3.05) is 0 Å². The standard InChI is InChI=1S/C20H16BrCl2N3O2/c1-11-8-13(12(2)26(11)17-5-3-4-16(22)19(17)23)10-24-25-20(28)15-9-14(21)6-7-18(15)27/h3-10,27H,1-2H3,(H,25,28)/b24-10-. The molecule has 2 N–H and O–H groups in total. The van der Waals surface area contributed by atoms with Crippen LogP contribution >= 0.6 is 39.1 Å². The maximum Gasteiger partial charge on any atom is 0.275 e. The third-order valence-corrected chi connectivity index (χ3v) is 5.52. The number of nitrogens with zero attached hydrogens (tertiary/aromatic N) is 2. The summed E-state index contributed by atoms with van der Waals surface area (Å²) in [5.41, 5.74) is 5.97. The van der Waals surface area contributed by atoms with E-state index in [0.29, 0.717) is 14.5 Å². The van der Waals surface area contributed by atoms with Crippen LogP contribution in [0.4, 0.5) is 0 Å². The summed E-state index contributed by atoms with van der Waals surface area (Å²) in [4.78, 5) is 12.2. The van der Waals surface area contributed by atoms with Crippen molar-refractivity contribution in [3.05, 3.63) is 79.5 Å². The molecule has 144 valence electrons. The van der Waals surface area contributed by atoms with E-state index in [1.54, 1.807) is 18.3 Å². The second kappa shape index (κ2) is 8.39. The molecule has 1 heterocycles. The number of rotatable bonds is 4. The van der Waals surface area contributed by atoms with Gasteiger partial charge in [0.25, 0.3) is 5.91 Å². The molecule has 28 heavy (non-hydrogen) atoms. The number of phenolic OH excluding ortho intramolecular Hbond substituents is 1. The lowest BCUT2D eigenvalue weighted by Crippen LogP contribution is -2.17. The highest BCUT2D eigenvalue weighted by molar-refractivity contribution is 9.10. The summed E-state index contributed by atoms with van der Waals surface area (Å²) >= 11 is 15.8. The summed E-state index contributed by atoms with van der Waals surface area (Å²) in [5.74, 6) is -0.633. The maximum atomic E-state index is 12.2. The molecule has 5 nitrogen and oxygen atoms in total. The fraction of sp³-hybridized carbons (Fsp3) is 0.100. The van der Waals surface area contributed by atoms with Gasteiger partial charge in [-0.1, -0.05) is 45.2 Å². The Bertz CT molecular complexity index is 1090. The van der Waals surface area contributed by atoms with Gasteiger partial charge in [0.05, 0.1) is 27.5 Å². The van der Waals surface area contributed by atoms with E-state index in [4.69, 9.17) is 23.2 Å². The summed E-state index contributed by atoms with van der Waals surface area (Å²) in [6.45, 7) is 3.87. The van der Waals surface area contributed by atoms with Crippen molar-refractivity contribution in [1.29, 1.82) is 0 Å². The first kappa shape index (κ1) is 20.5. The molecule has 1 amide bonds. The van der Waals surface area contributed by atoms with Crippen molar-refractivity contribution in [2.24, 2.45) is 5.10 Å². The molecular formula is C20H16BrCl2N3O2. The molecule has 0 radical (unpaired) electrons. The SMILES string of the molecule is Cc1cc(/C=N\NC(=O)c2cc(Br)ccc2O)c(C)n1-c1cccc(Cl)c1Cl. The normalized spacial score (nSPS) is 11.2. The predicted octanol–water partition coefficient (Wildman–Crippen LogP) is 5.63. The van der Waals surface area contributed by atoms with Crippen molar-refractivity contribution in [3.8, 4) is 11.4 Å². The van der Waals surface area contributed by atoms with Crippen molar-refractivity contribution >= 4 is 51.3 Å². The quantitative estimate of drug-likeness (QED) is 0.375. The first-order valence-electron chi connectivity index (χ1n) is 8.25. The van der Waals surface area contributed by atoms with Crippen LogP contribution in [-0.2, 0) is 0 Å². The zero-order valence-electron chi connectivity index (χ0n) is 15.0. The van der Waals surface area contributed by atoms with Crippen LogP contribution in [0.25, 0.3) is 5.69 Å². The number of aromatic nitrogens is 1. The lowest BCUT2D eigenvalue weighted by molar-refractivity contribution is 0.0952. The Labute approximate surface area is 180 Å². The van der Waals surface area contributed by atoms with E-state index in [-0.39, 0.29) is 11.3 Å². The number of hydrogen-bond donors (Lipinski definition) is 2. The number of aromatic hydroxyl groups is 1.